The predicted octanol–water partition coefficient (Wildman–Crippen LogP) is 2.50. The molecule has 1 aliphatic heterocycles. The van der Waals surface area contributed by atoms with Gasteiger partial charge in [0.1, 0.15) is 0 Å². The second-order valence-electron chi connectivity index (χ2n) is 5.31. The Morgan fingerprint density at radius 3 is 2.35 bits per heavy atom. The molecule has 1 saturated heterocycles. The van der Waals surface area contributed by atoms with Crippen molar-refractivity contribution in [3.63, 3.8) is 0 Å². The zero-order chi connectivity index (χ0) is 14.5. The highest BCUT2D eigenvalue weighted by atomic mass is 16.4. The number of benzene rings is 1. The van der Waals surface area contributed by atoms with Gasteiger partial charge in [-0.2, -0.15) is 0 Å². The van der Waals surface area contributed by atoms with Crippen molar-refractivity contribution in [2.45, 2.75) is 32.1 Å². The number of hydrogen-bond acceptors (Lipinski definition) is 2. The quantitative estimate of drug-likeness (QED) is 0.918. The minimum atomic E-state index is -0.743. The van der Waals surface area contributed by atoms with E-state index in [2.05, 4.69) is 0 Å². The van der Waals surface area contributed by atoms with Crippen LogP contribution in [0.25, 0.3) is 0 Å². The zero-order valence-electron chi connectivity index (χ0n) is 11.8. The SMILES string of the molecule is CCC(C(=O)N1CCC(C(=O)O)CC1)c1ccccc1. The van der Waals surface area contributed by atoms with Crippen LogP contribution in [0.5, 0.6) is 0 Å². The smallest absolute Gasteiger partial charge is 0.306 e. The van der Waals surface area contributed by atoms with Crippen molar-refractivity contribution in [2.75, 3.05) is 13.1 Å². The first-order chi connectivity index (χ1) is 9.63. The van der Waals surface area contributed by atoms with Crippen LogP contribution in [0.4, 0.5) is 0 Å². The van der Waals surface area contributed by atoms with E-state index in [1.807, 2.05) is 42.2 Å². The Morgan fingerprint density at radius 1 is 1.25 bits per heavy atom. The molecule has 1 unspecified atom stereocenters. The lowest BCUT2D eigenvalue weighted by atomic mass is 9.92. The highest BCUT2D eigenvalue weighted by Crippen LogP contribution is 2.25. The molecule has 4 heteroatoms. The van der Waals surface area contributed by atoms with Gasteiger partial charge in [-0.3, -0.25) is 9.59 Å². The molecule has 0 radical (unpaired) electrons. The second kappa shape index (κ2) is 6.55. The predicted molar refractivity (Wildman–Crippen MR) is 76.4 cm³/mol. The van der Waals surface area contributed by atoms with Crippen molar-refractivity contribution in [3.05, 3.63) is 35.9 Å². The summed E-state index contributed by atoms with van der Waals surface area (Å²) in [4.78, 5) is 25.3. The van der Waals surface area contributed by atoms with Crippen LogP contribution in [0.15, 0.2) is 30.3 Å². The van der Waals surface area contributed by atoms with Crippen LogP contribution in [0.2, 0.25) is 0 Å². The van der Waals surface area contributed by atoms with Gasteiger partial charge in [-0.25, -0.2) is 0 Å². The first-order valence-corrected chi connectivity index (χ1v) is 7.20. The second-order valence-corrected chi connectivity index (χ2v) is 5.31. The number of carbonyl (C=O) groups excluding carboxylic acids is 1. The Labute approximate surface area is 119 Å². The molecule has 108 valence electrons. The van der Waals surface area contributed by atoms with E-state index < -0.39 is 5.97 Å². The highest BCUT2D eigenvalue weighted by Gasteiger charge is 2.30. The monoisotopic (exact) mass is 275 g/mol. The first kappa shape index (κ1) is 14.6. The van der Waals surface area contributed by atoms with E-state index in [0.717, 1.165) is 12.0 Å². The largest absolute Gasteiger partial charge is 0.481 e. The number of rotatable bonds is 4. The van der Waals surface area contributed by atoms with Crippen molar-refractivity contribution in [1.29, 1.82) is 0 Å². The number of piperidine rings is 1. The number of carboxylic acid groups (broad SMARTS) is 1. The lowest BCUT2D eigenvalue weighted by Crippen LogP contribution is -2.42. The molecule has 1 atom stereocenters. The fourth-order valence-corrected chi connectivity index (χ4v) is 2.81. The summed E-state index contributed by atoms with van der Waals surface area (Å²) >= 11 is 0. The molecule has 0 bridgehead atoms. The number of likely N-dealkylation sites (tertiary alicyclic amines) is 1. The van der Waals surface area contributed by atoms with Crippen LogP contribution >= 0.6 is 0 Å². The molecule has 0 aromatic heterocycles. The van der Waals surface area contributed by atoms with Crippen LogP contribution in [0.1, 0.15) is 37.7 Å². The topological polar surface area (TPSA) is 57.6 Å². The number of aliphatic carboxylic acids is 1. The van der Waals surface area contributed by atoms with E-state index in [0.29, 0.717) is 25.9 Å². The van der Waals surface area contributed by atoms with Crippen molar-refractivity contribution in [1.82, 2.24) is 4.90 Å². The lowest BCUT2D eigenvalue weighted by molar-refractivity contribution is -0.146. The third kappa shape index (κ3) is 3.18. The molecule has 0 aliphatic carbocycles. The standard InChI is InChI=1S/C16H21NO3/c1-2-14(12-6-4-3-5-7-12)15(18)17-10-8-13(9-11-17)16(19)20/h3-7,13-14H,2,8-11H2,1H3,(H,19,20). The highest BCUT2D eigenvalue weighted by molar-refractivity contribution is 5.84. The number of carboxylic acids is 1. The molecule has 1 fully saturated rings. The Morgan fingerprint density at radius 2 is 1.85 bits per heavy atom. The Bertz CT molecular complexity index is 464. The summed E-state index contributed by atoms with van der Waals surface area (Å²) in [6.07, 6.45) is 1.89. The molecule has 1 N–H and O–H groups in total. The minimum absolute atomic E-state index is 0.113. The van der Waals surface area contributed by atoms with Crippen LogP contribution in [-0.2, 0) is 9.59 Å². The van der Waals surface area contributed by atoms with Crippen LogP contribution in [0.3, 0.4) is 0 Å². The van der Waals surface area contributed by atoms with Gasteiger partial charge in [-0.05, 0) is 24.8 Å². The maximum Gasteiger partial charge on any atom is 0.306 e. The van der Waals surface area contributed by atoms with E-state index in [9.17, 15) is 9.59 Å². The van der Waals surface area contributed by atoms with E-state index in [1.165, 1.54) is 0 Å². The van der Waals surface area contributed by atoms with Gasteiger partial charge in [0, 0.05) is 13.1 Å². The molecule has 1 amide bonds. The number of nitrogens with zero attached hydrogens (tertiary/aromatic N) is 1. The molecule has 1 heterocycles. The zero-order valence-corrected chi connectivity index (χ0v) is 11.8. The van der Waals surface area contributed by atoms with Gasteiger partial charge in [0.2, 0.25) is 5.91 Å². The average molecular weight is 275 g/mol. The molecular formula is C16H21NO3. The van der Waals surface area contributed by atoms with E-state index in [1.54, 1.807) is 0 Å². The summed E-state index contributed by atoms with van der Waals surface area (Å²) in [5, 5.41) is 8.99. The summed E-state index contributed by atoms with van der Waals surface area (Å²) in [7, 11) is 0. The van der Waals surface area contributed by atoms with Crippen LogP contribution in [0, 0.1) is 5.92 Å². The molecule has 0 spiro atoms. The van der Waals surface area contributed by atoms with Gasteiger partial charge in [0.25, 0.3) is 0 Å². The summed E-state index contributed by atoms with van der Waals surface area (Å²) in [6.45, 7) is 3.12. The summed E-state index contributed by atoms with van der Waals surface area (Å²) in [5.74, 6) is -1.02. The van der Waals surface area contributed by atoms with Gasteiger partial charge >= 0.3 is 5.97 Å². The maximum atomic E-state index is 12.6. The van der Waals surface area contributed by atoms with Crippen LogP contribution < -0.4 is 0 Å². The van der Waals surface area contributed by atoms with Gasteiger partial charge in [-0.15, -0.1) is 0 Å². The normalized spacial score (nSPS) is 17.8. The van der Waals surface area contributed by atoms with Gasteiger partial charge in [0.15, 0.2) is 0 Å². The molecule has 1 aliphatic rings. The van der Waals surface area contributed by atoms with Crippen LogP contribution in [-0.4, -0.2) is 35.0 Å². The summed E-state index contributed by atoms with van der Waals surface area (Å²) in [6, 6.07) is 9.80. The van der Waals surface area contributed by atoms with Gasteiger partial charge < -0.3 is 10.0 Å². The Kier molecular flexibility index (Phi) is 4.77. The van der Waals surface area contributed by atoms with E-state index in [-0.39, 0.29) is 17.7 Å². The Balaban J connectivity index is 2.02. The van der Waals surface area contributed by atoms with Crippen molar-refractivity contribution in [3.8, 4) is 0 Å². The molecule has 4 nitrogen and oxygen atoms in total. The van der Waals surface area contributed by atoms with Crippen molar-refractivity contribution < 1.29 is 14.7 Å². The Hall–Kier alpha value is -1.84. The first-order valence-electron chi connectivity index (χ1n) is 7.20. The molecule has 2 rings (SSSR count). The minimum Gasteiger partial charge on any atom is -0.481 e. The molecule has 1 aromatic carbocycles. The van der Waals surface area contributed by atoms with Crippen molar-refractivity contribution in [2.24, 2.45) is 5.92 Å². The fraction of sp³-hybridized carbons (Fsp3) is 0.500. The summed E-state index contributed by atoms with van der Waals surface area (Å²) in [5.41, 5.74) is 1.04. The molecular weight excluding hydrogens is 254 g/mol. The average Bonchev–Trinajstić information content (AvgIpc) is 2.49. The van der Waals surface area contributed by atoms with E-state index >= 15 is 0 Å². The third-order valence-electron chi connectivity index (χ3n) is 4.06. The fourth-order valence-electron chi connectivity index (χ4n) is 2.81. The number of hydrogen-bond donors (Lipinski definition) is 1. The lowest BCUT2D eigenvalue weighted by Gasteiger charge is -2.32. The molecule has 20 heavy (non-hydrogen) atoms. The van der Waals surface area contributed by atoms with E-state index in [4.69, 9.17) is 5.11 Å². The van der Waals surface area contributed by atoms with Gasteiger partial charge in [0.05, 0.1) is 11.8 Å². The summed E-state index contributed by atoms with van der Waals surface area (Å²) < 4.78 is 0. The molecule has 0 saturated carbocycles. The molecule has 1 aromatic rings. The van der Waals surface area contributed by atoms with Gasteiger partial charge in [-0.1, -0.05) is 37.3 Å². The number of carbonyl (C=O) groups is 2. The maximum absolute atomic E-state index is 12.6. The number of amides is 1. The third-order valence-corrected chi connectivity index (χ3v) is 4.06. The van der Waals surface area contributed by atoms with Crippen molar-refractivity contribution >= 4 is 11.9 Å².